The Kier molecular flexibility index (Phi) is 5.79. The average Bonchev–Trinajstić information content (AvgIpc) is 2.93. The SMILES string of the molecule is CC1(c2nc(C(=O)O)co2)CCCCCCCCNCC1. The van der Waals surface area contributed by atoms with Gasteiger partial charge in [-0.25, -0.2) is 9.78 Å². The van der Waals surface area contributed by atoms with E-state index >= 15 is 0 Å². The summed E-state index contributed by atoms with van der Waals surface area (Å²) in [6.45, 7) is 4.11. The minimum atomic E-state index is -1.03. The maximum Gasteiger partial charge on any atom is 0.357 e. The van der Waals surface area contributed by atoms with Crippen molar-refractivity contribution in [3.8, 4) is 0 Å². The first-order valence-electron chi connectivity index (χ1n) is 8.02. The fourth-order valence-corrected chi connectivity index (χ4v) is 2.95. The van der Waals surface area contributed by atoms with Crippen molar-refractivity contribution in [2.75, 3.05) is 13.1 Å². The third kappa shape index (κ3) is 4.56. The number of hydrogen-bond donors (Lipinski definition) is 2. The Hall–Kier alpha value is -1.36. The number of nitrogens with zero attached hydrogens (tertiary/aromatic N) is 1. The lowest BCUT2D eigenvalue weighted by atomic mass is 9.81. The smallest absolute Gasteiger partial charge is 0.357 e. The van der Waals surface area contributed by atoms with Gasteiger partial charge in [0, 0.05) is 5.41 Å². The second-order valence-electron chi connectivity index (χ2n) is 6.28. The van der Waals surface area contributed by atoms with Gasteiger partial charge in [-0.2, -0.15) is 0 Å². The Bertz CT molecular complexity index is 444. The number of carbonyl (C=O) groups is 1. The van der Waals surface area contributed by atoms with Crippen LogP contribution in [-0.4, -0.2) is 29.1 Å². The van der Waals surface area contributed by atoms with E-state index in [9.17, 15) is 4.79 Å². The molecule has 1 aromatic heterocycles. The zero-order valence-electron chi connectivity index (χ0n) is 12.9. The molecule has 21 heavy (non-hydrogen) atoms. The molecule has 2 heterocycles. The summed E-state index contributed by atoms with van der Waals surface area (Å²) in [4.78, 5) is 15.2. The molecule has 1 aliphatic heterocycles. The molecule has 0 spiro atoms. The number of aromatic nitrogens is 1. The zero-order valence-corrected chi connectivity index (χ0v) is 12.9. The van der Waals surface area contributed by atoms with E-state index in [1.54, 1.807) is 0 Å². The van der Waals surface area contributed by atoms with Crippen LogP contribution in [0.3, 0.4) is 0 Å². The Morgan fingerprint density at radius 1 is 1.19 bits per heavy atom. The lowest BCUT2D eigenvalue weighted by Gasteiger charge is -2.27. The molecule has 0 aromatic carbocycles. The average molecular weight is 294 g/mol. The fraction of sp³-hybridized carbons (Fsp3) is 0.750. The van der Waals surface area contributed by atoms with Crippen LogP contribution in [0.2, 0.25) is 0 Å². The largest absolute Gasteiger partial charge is 0.476 e. The second kappa shape index (κ2) is 7.59. The maximum absolute atomic E-state index is 11.0. The predicted octanol–water partition coefficient (Wildman–Crippen LogP) is 3.35. The highest BCUT2D eigenvalue weighted by Crippen LogP contribution is 2.33. The van der Waals surface area contributed by atoms with Crippen LogP contribution in [0.25, 0.3) is 0 Å². The van der Waals surface area contributed by atoms with E-state index in [1.807, 2.05) is 0 Å². The molecule has 0 amide bonds. The molecule has 1 saturated heterocycles. The molecule has 1 atom stereocenters. The highest BCUT2D eigenvalue weighted by atomic mass is 16.4. The van der Waals surface area contributed by atoms with E-state index in [1.165, 1.54) is 38.4 Å². The van der Waals surface area contributed by atoms with Crippen molar-refractivity contribution < 1.29 is 14.3 Å². The molecule has 1 fully saturated rings. The Morgan fingerprint density at radius 2 is 1.90 bits per heavy atom. The summed E-state index contributed by atoms with van der Waals surface area (Å²) in [6.07, 6.45) is 10.7. The second-order valence-corrected chi connectivity index (χ2v) is 6.28. The first kappa shape index (κ1) is 16.0. The topological polar surface area (TPSA) is 75.4 Å². The van der Waals surface area contributed by atoms with E-state index in [0.29, 0.717) is 5.89 Å². The lowest BCUT2D eigenvalue weighted by molar-refractivity contribution is 0.0690. The number of carboxylic acids is 1. The first-order chi connectivity index (χ1) is 10.1. The summed E-state index contributed by atoms with van der Waals surface area (Å²) < 4.78 is 5.47. The minimum Gasteiger partial charge on any atom is -0.476 e. The third-order valence-electron chi connectivity index (χ3n) is 4.43. The minimum absolute atomic E-state index is 0.00491. The van der Waals surface area contributed by atoms with Gasteiger partial charge < -0.3 is 14.8 Å². The predicted molar refractivity (Wildman–Crippen MR) is 80.6 cm³/mol. The number of carboxylic acid groups (broad SMARTS) is 1. The van der Waals surface area contributed by atoms with Crippen LogP contribution in [0.4, 0.5) is 0 Å². The first-order valence-corrected chi connectivity index (χ1v) is 8.02. The number of oxazole rings is 1. The van der Waals surface area contributed by atoms with Gasteiger partial charge in [-0.15, -0.1) is 0 Å². The molecule has 0 aliphatic carbocycles. The highest BCUT2D eigenvalue weighted by molar-refractivity contribution is 5.84. The van der Waals surface area contributed by atoms with Gasteiger partial charge in [0.05, 0.1) is 0 Å². The van der Waals surface area contributed by atoms with Crippen LogP contribution in [0.1, 0.15) is 74.7 Å². The van der Waals surface area contributed by atoms with Crippen molar-refractivity contribution in [2.24, 2.45) is 0 Å². The summed E-state index contributed by atoms with van der Waals surface area (Å²) in [6, 6.07) is 0. The van der Waals surface area contributed by atoms with Crippen LogP contribution in [0.5, 0.6) is 0 Å². The Labute approximate surface area is 126 Å². The van der Waals surface area contributed by atoms with Crippen LogP contribution in [-0.2, 0) is 5.41 Å². The van der Waals surface area contributed by atoms with Gasteiger partial charge >= 0.3 is 5.97 Å². The molecule has 5 heteroatoms. The monoisotopic (exact) mass is 294 g/mol. The molecule has 1 aliphatic rings. The summed E-state index contributed by atoms with van der Waals surface area (Å²) in [5.41, 5.74) is -0.176. The Morgan fingerprint density at radius 3 is 2.62 bits per heavy atom. The van der Waals surface area contributed by atoms with Crippen LogP contribution < -0.4 is 5.32 Å². The summed E-state index contributed by atoms with van der Waals surface area (Å²) in [7, 11) is 0. The quantitative estimate of drug-likeness (QED) is 0.874. The van der Waals surface area contributed by atoms with Gasteiger partial charge in [-0.3, -0.25) is 0 Å². The molecule has 0 radical (unpaired) electrons. The van der Waals surface area contributed by atoms with Crippen molar-refractivity contribution >= 4 is 5.97 Å². The summed E-state index contributed by atoms with van der Waals surface area (Å²) in [5.74, 6) is -0.460. The number of aromatic carboxylic acids is 1. The van der Waals surface area contributed by atoms with Crippen molar-refractivity contribution in [3.63, 3.8) is 0 Å². The summed E-state index contributed by atoms with van der Waals surface area (Å²) >= 11 is 0. The molecular weight excluding hydrogens is 268 g/mol. The van der Waals surface area contributed by atoms with E-state index in [0.717, 1.165) is 32.4 Å². The molecule has 0 bridgehead atoms. The van der Waals surface area contributed by atoms with Crippen molar-refractivity contribution in [1.29, 1.82) is 0 Å². The maximum atomic E-state index is 11.0. The van der Waals surface area contributed by atoms with Crippen molar-refractivity contribution in [2.45, 2.75) is 63.7 Å². The molecule has 2 rings (SSSR count). The molecule has 118 valence electrons. The van der Waals surface area contributed by atoms with Gasteiger partial charge in [0.25, 0.3) is 0 Å². The standard InChI is InChI=1S/C16H26N2O3/c1-16(15-18-13(12-21-15)14(19)20)8-6-4-2-3-5-7-10-17-11-9-16/h12,17H,2-11H2,1H3,(H,19,20). The van der Waals surface area contributed by atoms with Gasteiger partial charge in [-0.05, 0) is 32.4 Å². The van der Waals surface area contributed by atoms with E-state index in [2.05, 4.69) is 17.2 Å². The fourth-order valence-electron chi connectivity index (χ4n) is 2.95. The number of nitrogens with one attached hydrogen (secondary N) is 1. The summed E-state index contributed by atoms with van der Waals surface area (Å²) in [5, 5.41) is 12.5. The van der Waals surface area contributed by atoms with Gasteiger partial charge in [0.15, 0.2) is 5.69 Å². The zero-order chi connectivity index (χ0) is 15.1. The molecule has 0 saturated carbocycles. The molecule has 1 aromatic rings. The van der Waals surface area contributed by atoms with Crippen molar-refractivity contribution in [3.05, 3.63) is 17.8 Å². The van der Waals surface area contributed by atoms with Crippen LogP contribution in [0.15, 0.2) is 10.7 Å². The molecular formula is C16H26N2O3. The third-order valence-corrected chi connectivity index (χ3v) is 4.43. The van der Waals surface area contributed by atoms with Gasteiger partial charge in [0.1, 0.15) is 6.26 Å². The normalized spacial score (nSPS) is 25.8. The van der Waals surface area contributed by atoms with E-state index in [4.69, 9.17) is 9.52 Å². The molecule has 5 nitrogen and oxygen atoms in total. The van der Waals surface area contributed by atoms with E-state index in [-0.39, 0.29) is 11.1 Å². The number of hydrogen-bond acceptors (Lipinski definition) is 4. The number of rotatable bonds is 2. The van der Waals surface area contributed by atoms with Gasteiger partial charge in [0.2, 0.25) is 5.89 Å². The lowest BCUT2D eigenvalue weighted by Crippen LogP contribution is -2.29. The molecule has 2 N–H and O–H groups in total. The Balaban J connectivity index is 2.07. The van der Waals surface area contributed by atoms with E-state index < -0.39 is 5.97 Å². The van der Waals surface area contributed by atoms with Crippen molar-refractivity contribution in [1.82, 2.24) is 10.3 Å². The molecule has 1 unspecified atom stereocenters. The van der Waals surface area contributed by atoms with Crippen LogP contribution in [0, 0.1) is 0 Å². The van der Waals surface area contributed by atoms with Gasteiger partial charge in [-0.1, -0.05) is 39.0 Å². The van der Waals surface area contributed by atoms with Crippen LogP contribution >= 0.6 is 0 Å². The highest BCUT2D eigenvalue weighted by Gasteiger charge is 2.32.